The Morgan fingerprint density at radius 3 is 2.72 bits per heavy atom. The second-order valence-electron chi connectivity index (χ2n) is 7.80. The summed E-state index contributed by atoms with van der Waals surface area (Å²) in [4.78, 5) is 34.1. The second-order valence-corrected chi connectivity index (χ2v) is 7.80. The lowest BCUT2D eigenvalue weighted by molar-refractivity contribution is -0.115. The van der Waals surface area contributed by atoms with Crippen LogP contribution in [0.2, 0.25) is 0 Å². The maximum atomic E-state index is 13.3. The van der Waals surface area contributed by atoms with Crippen molar-refractivity contribution in [2.24, 2.45) is 0 Å². The monoisotopic (exact) mass is 428 g/mol. The van der Waals surface area contributed by atoms with Crippen LogP contribution < -0.4 is 10.1 Å². The SMILES string of the molecule is COc1cccc(CC(=O)Nc2cncc(C(=O)c3cn(C(C)C)c4ccncc34)c2)c1. The first-order valence-electron chi connectivity index (χ1n) is 10.3. The van der Waals surface area contributed by atoms with E-state index in [1.807, 2.05) is 36.5 Å². The molecule has 0 saturated carbocycles. The molecule has 3 heterocycles. The van der Waals surface area contributed by atoms with Gasteiger partial charge in [-0.2, -0.15) is 0 Å². The van der Waals surface area contributed by atoms with Gasteiger partial charge in [0.05, 0.1) is 30.9 Å². The fourth-order valence-electron chi connectivity index (χ4n) is 3.67. The third-order valence-corrected chi connectivity index (χ3v) is 5.22. The molecular weight excluding hydrogens is 404 g/mol. The van der Waals surface area contributed by atoms with E-state index in [0.29, 0.717) is 22.6 Å². The van der Waals surface area contributed by atoms with E-state index in [-0.39, 0.29) is 24.2 Å². The van der Waals surface area contributed by atoms with Gasteiger partial charge < -0.3 is 14.6 Å². The molecule has 0 aliphatic carbocycles. The van der Waals surface area contributed by atoms with Gasteiger partial charge in [-0.25, -0.2) is 0 Å². The van der Waals surface area contributed by atoms with Crippen molar-refractivity contribution in [2.45, 2.75) is 26.3 Å². The topological polar surface area (TPSA) is 86.1 Å². The van der Waals surface area contributed by atoms with Crippen molar-refractivity contribution < 1.29 is 14.3 Å². The van der Waals surface area contributed by atoms with Crippen LogP contribution in [0.4, 0.5) is 5.69 Å². The first kappa shape index (κ1) is 21.2. The van der Waals surface area contributed by atoms with Crippen LogP contribution in [-0.2, 0) is 11.2 Å². The summed E-state index contributed by atoms with van der Waals surface area (Å²) < 4.78 is 7.25. The number of pyridine rings is 2. The fraction of sp³-hybridized carbons (Fsp3) is 0.200. The Bertz CT molecular complexity index is 1290. The molecule has 0 unspecified atom stereocenters. The fourth-order valence-corrected chi connectivity index (χ4v) is 3.67. The molecule has 0 radical (unpaired) electrons. The molecule has 4 aromatic rings. The summed E-state index contributed by atoms with van der Waals surface area (Å²) in [6, 6.07) is 11.1. The van der Waals surface area contributed by atoms with Gasteiger partial charge in [0.15, 0.2) is 5.78 Å². The summed E-state index contributed by atoms with van der Waals surface area (Å²) in [6.45, 7) is 4.13. The van der Waals surface area contributed by atoms with Crippen LogP contribution in [-0.4, -0.2) is 33.3 Å². The van der Waals surface area contributed by atoms with Gasteiger partial charge in [-0.05, 0) is 43.7 Å². The molecule has 0 bridgehead atoms. The van der Waals surface area contributed by atoms with E-state index in [1.165, 1.54) is 12.4 Å². The van der Waals surface area contributed by atoms with Crippen LogP contribution in [0.1, 0.15) is 41.4 Å². The quantitative estimate of drug-likeness (QED) is 0.440. The number of amides is 1. The zero-order valence-electron chi connectivity index (χ0n) is 18.2. The van der Waals surface area contributed by atoms with Gasteiger partial charge in [0.25, 0.3) is 0 Å². The lowest BCUT2D eigenvalue weighted by Crippen LogP contribution is -2.15. The van der Waals surface area contributed by atoms with E-state index < -0.39 is 0 Å². The summed E-state index contributed by atoms with van der Waals surface area (Å²) >= 11 is 0. The van der Waals surface area contributed by atoms with E-state index in [9.17, 15) is 9.59 Å². The molecule has 32 heavy (non-hydrogen) atoms. The highest BCUT2D eigenvalue weighted by molar-refractivity contribution is 6.16. The highest BCUT2D eigenvalue weighted by Crippen LogP contribution is 2.26. The number of hydrogen-bond acceptors (Lipinski definition) is 5. The third kappa shape index (κ3) is 4.37. The number of nitrogens with zero attached hydrogens (tertiary/aromatic N) is 3. The van der Waals surface area contributed by atoms with Gasteiger partial charge in [-0.15, -0.1) is 0 Å². The molecule has 0 fully saturated rings. The normalized spacial score (nSPS) is 11.0. The van der Waals surface area contributed by atoms with Gasteiger partial charge >= 0.3 is 0 Å². The minimum absolute atomic E-state index is 0.168. The number of benzene rings is 1. The van der Waals surface area contributed by atoms with E-state index in [1.54, 1.807) is 25.6 Å². The Morgan fingerprint density at radius 1 is 1.09 bits per heavy atom. The van der Waals surface area contributed by atoms with Crippen LogP contribution in [0.3, 0.4) is 0 Å². The maximum Gasteiger partial charge on any atom is 0.228 e. The van der Waals surface area contributed by atoms with Crippen molar-refractivity contribution in [3.8, 4) is 5.75 Å². The largest absolute Gasteiger partial charge is 0.497 e. The van der Waals surface area contributed by atoms with E-state index in [4.69, 9.17) is 4.74 Å². The number of nitrogens with one attached hydrogen (secondary N) is 1. The first-order chi connectivity index (χ1) is 15.5. The van der Waals surface area contributed by atoms with Crippen molar-refractivity contribution in [2.75, 3.05) is 12.4 Å². The lowest BCUT2D eigenvalue weighted by Gasteiger charge is -2.08. The summed E-state index contributed by atoms with van der Waals surface area (Å²) in [5.74, 6) is 0.323. The van der Waals surface area contributed by atoms with Crippen molar-refractivity contribution >= 4 is 28.3 Å². The number of methoxy groups -OCH3 is 1. The molecule has 0 aliphatic rings. The van der Waals surface area contributed by atoms with Crippen LogP contribution in [0, 0.1) is 0 Å². The zero-order chi connectivity index (χ0) is 22.7. The standard InChI is InChI=1S/C25H24N4O3/c1-16(2)29-15-22(21-14-26-8-7-23(21)29)25(31)18-11-19(13-27-12-18)28-24(30)10-17-5-4-6-20(9-17)32-3/h4-9,11-16H,10H2,1-3H3,(H,28,30). The Balaban J connectivity index is 1.56. The molecule has 0 saturated heterocycles. The predicted octanol–water partition coefficient (Wildman–Crippen LogP) is 4.43. The summed E-state index contributed by atoms with van der Waals surface area (Å²) in [7, 11) is 1.59. The van der Waals surface area contributed by atoms with Crippen molar-refractivity contribution in [3.63, 3.8) is 0 Å². The molecule has 7 heteroatoms. The van der Waals surface area contributed by atoms with E-state index in [0.717, 1.165) is 16.5 Å². The molecule has 7 nitrogen and oxygen atoms in total. The average Bonchev–Trinajstić information content (AvgIpc) is 3.19. The molecule has 0 aliphatic heterocycles. The molecule has 0 atom stereocenters. The second kappa shape index (κ2) is 9.01. The minimum Gasteiger partial charge on any atom is -0.497 e. The highest BCUT2D eigenvalue weighted by atomic mass is 16.5. The Labute approximate surface area is 186 Å². The molecule has 1 amide bonds. The number of carbonyl (C=O) groups excluding carboxylic acids is 2. The molecule has 4 rings (SSSR count). The number of aromatic nitrogens is 3. The third-order valence-electron chi connectivity index (χ3n) is 5.22. The number of rotatable bonds is 7. The van der Waals surface area contributed by atoms with Crippen LogP contribution >= 0.6 is 0 Å². The number of fused-ring (bicyclic) bond motifs is 1. The number of carbonyl (C=O) groups is 2. The van der Waals surface area contributed by atoms with Crippen molar-refractivity contribution in [3.05, 3.63) is 84.1 Å². The number of ether oxygens (including phenoxy) is 1. The number of hydrogen-bond donors (Lipinski definition) is 1. The molecule has 0 spiro atoms. The van der Waals surface area contributed by atoms with Crippen LogP contribution in [0.5, 0.6) is 5.75 Å². The minimum atomic E-state index is -0.203. The molecule has 162 valence electrons. The molecule has 1 aromatic carbocycles. The summed E-state index contributed by atoms with van der Waals surface area (Å²) in [5, 5.41) is 3.61. The molecular formula is C25H24N4O3. The zero-order valence-corrected chi connectivity index (χ0v) is 18.2. The number of ketones is 1. The van der Waals surface area contributed by atoms with E-state index in [2.05, 4.69) is 33.7 Å². The van der Waals surface area contributed by atoms with Gasteiger partial charge in [-0.3, -0.25) is 19.6 Å². The average molecular weight is 428 g/mol. The number of anilines is 1. The smallest absolute Gasteiger partial charge is 0.228 e. The Hall–Kier alpha value is -4.00. The Morgan fingerprint density at radius 2 is 1.94 bits per heavy atom. The van der Waals surface area contributed by atoms with Crippen LogP contribution in [0.25, 0.3) is 10.9 Å². The predicted molar refractivity (Wildman–Crippen MR) is 123 cm³/mol. The van der Waals surface area contributed by atoms with Crippen molar-refractivity contribution in [1.82, 2.24) is 14.5 Å². The van der Waals surface area contributed by atoms with Gasteiger partial charge in [0.1, 0.15) is 5.75 Å². The van der Waals surface area contributed by atoms with Gasteiger partial charge in [-0.1, -0.05) is 12.1 Å². The Kier molecular flexibility index (Phi) is 5.98. The highest BCUT2D eigenvalue weighted by Gasteiger charge is 2.19. The molecule has 3 aromatic heterocycles. The first-order valence-corrected chi connectivity index (χ1v) is 10.3. The van der Waals surface area contributed by atoms with Gasteiger partial charge in [0.2, 0.25) is 5.91 Å². The molecule has 1 N–H and O–H groups in total. The van der Waals surface area contributed by atoms with Gasteiger partial charge in [0, 0.05) is 47.3 Å². The maximum absolute atomic E-state index is 13.3. The lowest BCUT2D eigenvalue weighted by atomic mass is 10.0. The van der Waals surface area contributed by atoms with Crippen molar-refractivity contribution in [1.29, 1.82) is 0 Å². The summed E-state index contributed by atoms with van der Waals surface area (Å²) in [6.07, 6.45) is 8.49. The summed E-state index contributed by atoms with van der Waals surface area (Å²) in [5.41, 5.74) is 3.21. The van der Waals surface area contributed by atoms with E-state index >= 15 is 0 Å². The van der Waals surface area contributed by atoms with Crippen LogP contribution in [0.15, 0.2) is 67.4 Å².